The van der Waals surface area contributed by atoms with Crippen LogP contribution < -0.4 is 0 Å². The molecule has 0 amide bonds. The van der Waals surface area contributed by atoms with Crippen LogP contribution in [0.15, 0.2) is 36.4 Å². The first kappa shape index (κ1) is 11.4. The minimum absolute atomic E-state index is 0.490. The van der Waals surface area contributed by atoms with E-state index in [0.717, 1.165) is 26.3 Å². The summed E-state index contributed by atoms with van der Waals surface area (Å²) < 4.78 is 5.35. The summed E-state index contributed by atoms with van der Waals surface area (Å²) in [6, 6.07) is 10.9. The molecular weight excluding hydrogens is 198 g/mol. The van der Waals surface area contributed by atoms with E-state index in [0.29, 0.717) is 6.04 Å². The maximum absolute atomic E-state index is 5.35. The Bertz CT molecular complexity index is 328. The normalized spacial score (nSPS) is 20.1. The summed E-state index contributed by atoms with van der Waals surface area (Å²) in [6.45, 7) is 6.05. The van der Waals surface area contributed by atoms with Crippen LogP contribution in [0.3, 0.4) is 0 Å². The van der Waals surface area contributed by atoms with Crippen molar-refractivity contribution in [2.45, 2.75) is 13.0 Å². The zero-order valence-corrected chi connectivity index (χ0v) is 9.80. The molecule has 1 aromatic rings. The van der Waals surface area contributed by atoms with Crippen molar-refractivity contribution in [2.24, 2.45) is 0 Å². The molecule has 0 aliphatic carbocycles. The van der Waals surface area contributed by atoms with E-state index >= 15 is 0 Å². The third-order valence-electron chi connectivity index (χ3n) is 2.99. The fraction of sp³-hybridized carbons (Fsp3) is 0.429. The van der Waals surface area contributed by atoms with Gasteiger partial charge in [0.2, 0.25) is 0 Å². The van der Waals surface area contributed by atoms with Crippen LogP contribution in [0.4, 0.5) is 0 Å². The van der Waals surface area contributed by atoms with E-state index in [4.69, 9.17) is 4.74 Å². The van der Waals surface area contributed by atoms with Gasteiger partial charge in [0.25, 0.3) is 0 Å². The van der Waals surface area contributed by atoms with Gasteiger partial charge in [0.05, 0.1) is 13.2 Å². The molecule has 0 radical (unpaired) electrons. The van der Waals surface area contributed by atoms with Crippen molar-refractivity contribution in [1.82, 2.24) is 4.90 Å². The predicted molar refractivity (Wildman–Crippen MR) is 67.3 cm³/mol. The monoisotopic (exact) mass is 217 g/mol. The third-order valence-corrected chi connectivity index (χ3v) is 2.99. The fourth-order valence-electron chi connectivity index (χ4n) is 1.92. The molecule has 2 nitrogen and oxygen atoms in total. The largest absolute Gasteiger partial charge is 0.379 e. The standard InChI is InChI=1S/C14H19NO/c1-13(15-9-11-16-12-10-15)7-8-14-5-3-2-4-6-14/h2-8,13H,9-12H2,1H3/b8-7+/t13-/m0/s1. The first-order chi connectivity index (χ1) is 7.86. The molecule has 16 heavy (non-hydrogen) atoms. The van der Waals surface area contributed by atoms with Crippen molar-refractivity contribution >= 4 is 6.08 Å². The highest BCUT2D eigenvalue weighted by molar-refractivity contribution is 5.49. The maximum Gasteiger partial charge on any atom is 0.0594 e. The van der Waals surface area contributed by atoms with Crippen LogP contribution in [-0.2, 0) is 4.74 Å². The van der Waals surface area contributed by atoms with Crippen molar-refractivity contribution in [3.8, 4) is 0 Å². The Morgan fingerprint density at radius 3 is 2.56 bits per heavy atom. The van der Waals surface area contributed by atoms with Crippen LogP contribution in [-0.4, -0.2) is 37.2 Å². The van der Waals surface area contributed by atoms with Crippen LogP contribution in [0, 0.1) is 0 Å². The van der Waals surface area contributed by atoms with Gasteiger partial charge in [-0.2, -0.15) is 0 Å². The number of morpholine rings is 1. The zero-order valence-electron chi connectivity index (χ0n) is 9.80. The van der Waals surface area contributed by atoms with Gasteiger partial charge in [0, 0.05) is 19.1 Å². The lowest BCUT2D eigenvalue weighted by molar-refractivity contribution is 0.0288. The molecular formula is C14H19NO. The molecule has 0 spiro atoms. The van der Waals surface area contributed by atoms with E-state index in [2.05, 4.69) is 48.2 Å². The topological polar surface area (TPSA) is 12.5 Å². The van der Waals surface area contributed by atoms with Gasteiger partial charge in [0.1, 0.15) is 0 Å². The van der Waals surface area contributed by atoms with Crippen molar-refractivity contribution in [3.63, 3.8) is 0 Å². The molecule has 1 fully saturated rings. The second-order valence-electron chi connectivity index (χ2n) is 4.16. The van der Waals surface area contributed by atoms with E-state index in [1.54, 1.807) is 0 Å². The summed E-state index contributed by atoms with van der Waals surface area (Å²) in [4.78, 5) is 2.45. The summed E-state index contributed by atoms with van der Waals surface area (Å²) >= 11 is 0. The average molecular weight is 217 g/mol. The number of hydrogen-bond donors (Lipinski definition) is 0. The Balaban J connectivity index is 1.91. The van der Waals surface area contributed by atoms with E-state index < -0.39 is 0 Å². The highest BCUT2D eigenvalue weighted by Crippen LogP contribution is 2.08. The minimum Gasteiger partial charge on any atom is -0.379 e. The number of hydrogen-bond acceptors (Lipinski definition) is 2. The van der Waals surface area contributed by atoms with Gasteiger partial charge in [0.15, 0.2) is 0 Å². The van der Waals surface area contributed by atoms with E-state index in [1.807, 2.05) is 6.07 Å². The van der Waals surface area contributed by atoms with Crippen molar-refractivity contribution < 1.29 is 4.74 Å². The van der Waals surface area contributed by atoms with Gasteiger partial charge in [-0.25, -0.2) is 0 Å². The number of benzene rings is 1. The van der Waals surface area contributed by atoms with Gasteiger partial charge < -0.3 is 4.74 Å². The second-order valence-corrected chi connectivity index (χ2v) is 4.16. The van der Waals surface area contributed by atoms with Crippen LogP contribution in [0.25, 0.3) is 6.08 Å². The molecule has 1 aliphatic rings. The van der Waals surface area contributed by atoms with Crippen LogP contribution in [0.5, 0.6) is 0 Å². The fourth-order valence-corrected chi connectivity index (χ4v) is 1.92. The SMILES string of the molecule is C[C@@H](/C=C/c1ccccc1)N1CCOCC1. The Morgan fingerprint density at radius 2 is 1.88 bits per heavy atom. The Hall–Kier alpha value is -1.12. The van der Waals surface area contributed by atoms with Crippen LogP contribution in [0.2, 0.25) is 0 Å². The lowest BCUT2D eigenvalue weighted by Crippen LogP contribution is -2.41. The lowest BCUT2D eigenvalue weighted by atomic mass is 10.1. The van der Waals surface area contributed by atoms with Crippen LogP contribution >= 0.6 is 0 Å². The molecule has 86 valence electrons. The molecule has 0 saturated carbocycles. The first-order valence-electron chi connectivity index (χ1n) is 5.91. The minimum atomic E-state index is 0.490. The van der Waals surface area contributed by atoms with Crippen molar-refractivity contribution in [2.75, 3.05) is 26.3 Å². The predicted octanol–water partition coefficient (Wildman–Crippen LogP) is 2.42. The molecule has 1 saturated heterocycles. The smallest absolute Gasteiger partial charge is 0.0594 e. The van der Waals surface area contributed by atoms with Gasteiger partial charge in [-0.05, 0) is 12.5 Å². The summed E-state index contributed by atoms with van der Waals surface area (Å²) in [5.41, 5.74) is 1.27. The summed E-state index contributed by atoms with van der Waals surface area (Å²) in [5.74, 6) is 0. The summed E-state index contributed by atoms with van der Waals surface area (Å²) in [7, 11) is 0. The lowest BCUT2D eigenvalue weighted by Gasteiger charge is -2.30. The highest BCUT2D eigenvalue weighted by Gasteiger charge is 2.14. The molecule has 2 rings (SSSR count). The van der Waals surface area contributed by atoms with Crippen molar-refractivity contribution in [1.29, 1.82) is 0 Å². The van der Waals surface area contributed by atoms with Gasteiger partial charge in [-0.15, -0.1) is 0 Å². The van der Waals surface area contributed by atoms with Crippen molar-refractivity contribution in [3.05, 3.63) is 42.0 Å². The Labute approximate surface area is 97.5 Å². The van der Waals surface area contributed by atoms with E-state index in [-0.39, 0.29) is 0 Å². The van der Waals surface area contributed by atoms with E-state index in [1.165, 1.54) is 5.56 Å². The van der Waals surface area contributed by atoms with Crippen LogP contribution in [0.1, 0.15) is 12.5 Å². The molecule has 0 N–H and O–H groups in total. The molecule has 0 aromatic heterocycles. The molecule has 1 aliphatic heterocycles. The van der Waals surface area contributed by atoms with E-state index in [9.17, 15) is 0 Å². The first-order valence-corrected chi connectivity index (χ1v) is 5.91. The number of nitrogens with zero attached hydrogens (tertiary/aromatic N) is 1. The summed E-state index contributed by atoms with van der Waals surface area (Å²) in [6.07, 6.45) is 4.46. The van der Waals surface area contributed by atoms with Gasteiger partial charge in [-0.3, -0.25) is 4.90 Å². The molecule has 0 bridgehead atoms. The Kier molecular flexibility index (Phi) is 4.14. The molecule has 1 aromatic carbocycles. The average Bonchev–Trinajstić information content (AvgIpc) is 2.38. The molecule has 0 unspecified atom stereocenters. The van der Waals surface area contributed by atoms with Gasteiger partial charge >= 0.3 is 0 Å². The summed E-state index contributed by atoms with van der Waals surface area (Å²) in [5, 5.41) is 0. The molecule has 1 heterocycles. The highest BCUT2D eigenvalue weighted by atomic mass is 16.5. The second kappa shape index (κ2) is 5.83. The third kappa shape index (κ3) is 3.19. The van der Waals surface area contributed by atoms with Gasteiger partial charge in [-0.1, -0.05) is 42.5 Å². The maximum atomic E-state index is 5.35. The zero-order chi connectivity index (χ0) is 11.2. The quantitative estimate of drug-likeness (QED) is 0.771. The molecule has 2 heteroatoms. The number of ether oxygens (including phenoxy) is 1. The number of rotatable bonds is 3. The molecule has 1 atom stereocenters. The Morgan fingerprint density at radius 1 is 1.19 bits per heavy atom.